The Bertz CT molecular complexity index is 388. The summed E-state index contributed by atoms with van der Waals surface area (Å²) in [6.45, 7) is 1.83. The molecule has 0 aliphatic heterocycles. The molecule has 0 heterocycles. The van der Waals surface area contributed by atoms with Crippen molar-refractivity contribution in [2.75, 3.05) is 7.11 Å². The van der Waals surface area contributed by atoms with E-state index in [1.54, 1.807) is 7.11 Å². The summed E-state index contributed by atoms with van der Waals surface area (Å²) in [5.74, 6) is 0.938. The van der Waals surface area contributed by atoms with Crippen molar-refractivity contribution >= 4 is 0 Å². The van der Waals surface area contributed by atoms with E-state index in [4.69, 9.17) is 10.5 Å². The second-order valence-corrected chi connectivity index (χ2v) is 4.47. The summed E-state index contributed by atoms with van der Waals surface area (Å²) in [5, 5.41) is 10.1. The minimum Gasteiger partial charge on any atom is -0.496 e. The van der Waals surface area contributed by atoms with E-state index in [1.807, 2.05) is 19.1 Å². The van der Waals surface area contributed by atoms with Crippen LogP contribution in [0.2, 0.25) is 0 Å². The largest absolute Gasteiger partial charge is 0.496 e. The topological polar surface area (TPSA) is 55.5 Å². The highest BCUT2D eigenvalue weighted by atomic mass is 16.5. The Labute approximate surface area is 96.2 Å². The van der Waals surface area contributed by atoms with Gasteiger partial charge in [-0.1, -0.05) is 6.07 Å². The lowest BCUT2D eigenvalue weighted by Gasteiger charge is -2.19. The molecule has 1 aliphatic rings. The Hall–Kier alpha value is -1.06. The molecule has 2 atom stereocenters. The van der Waals surface area contributed by atoms with Crippen molar-refractivity contribution in [1.29, 1.82) is 0 Å². The van der Waals surface area contributed by atoms with Crippen molar-refractivity contribution in [3.05, 3.63) is 28.8 Å². The molecular formula is C13H19NO2. The van der Waals surface area contributed by atoms with Crippen LogP contribution in [0.15, 0.2) is 12.1 Å². The van der Waals surface area contributed by atoms with Crippen LogP contribution in [0.1, 0.15) is 36.1 Å². The second-order valence-electron chi connectivity index (χ2n) is 4.47. The smallest absolute Gasteiger partial charge is 0.122 e. The first-order chi connectivity index (χ1) is 7.65. The van der Waals surface area contributed by atoms with E-state index in [2.05, 4.69) is 0 Å². The van der Waals surface area contributed by atoms with Gasteiger partial charge in [0.05, 0.1) is 13.2 Å². The molecule has 0 bridgehead atoms. The van der Waals surface area contributed by atoms with Crippen molar-refractivity contribution in [3.63, 3.8) is 0 Å². The second kappa shape index (κ2) is 4.44. The van der Waals surface area contributed by atoms with Crippen LogP contribution in [0.4, 0.5) is 0 Å². The minimum atomic E-state index is -0.572. The van der Waals surface area contributed by atoms with E-state index in [9.17, 15) is 5.11 Å². The highest BCUT2D eigenvalue weighted by molar-refractivity contribution is 5.48. The van der Waals surface area contributed by atoms with Gasteiger partial charge < -0.3 is 15.6 Å². The molecule has 3 heteroatoms. The molecule has 0 spiro atoms. The van der Waals surface area contributed by atoms with Crippen LogP contribution in [0.25, 0.3) is 0 Å². The highest BCUT2D eigenvalue weighted by Gasteiger charge is 2.24. The molecule has 0 fully saturated rings. The zero-order valence-corrected chi connectivity index (χ0v) is 9.86. The summed E-state index contributed by atoms with van der Waals surface area (Å²) in [4.78, 5) is 0. The van der Waals surface area contributed by atoms with Gasteiger partial charge >= 0.3 is 0 Å². The van der Waals surface area contributed by atoms with E-state index >= 15 is 0 Å². The molecule has 0 saturated carbocycles. The van der Waals surface area contributed by atoms with E-state index in [0.717, 1.165) is 30.6 Å². The molecule has 16 heavy (non-hydrogen) atoms. The van der Waals surface area contributed by atoms with Crippen molar-refractivity contribution in [1.82, 2.24) is 0 Å². The maximum Gasteiger partial charge on any atom is 0.122 e. The fraction of sp³-hybridized carbons (Fsp3) is 0.538. The number of nitrogens with two attached hydrogens (primary N) is 1. The number of hydrogen-bond acceptors (Lipinski definition) is 3. The molecule has 1 aliphatic carbocycles. The van der Waals surface area contributed by atoms with Gasteiger partial charge in [0.2, 0.25) is 0 Å². The quantitative estimate of drug-likeness (QED) is 0.814. The van der Waals surface area contributed by atoms with Gasteiger partial charge in [0, 0.05) is 6.04 Å². The Morgan fingerprint density at radius 1 is 1.31 bits per heavy atom. The first kappa shape index (κ1) is 11.4. The molecule has 1 aromatic carbocycles. The lowest BCUT2D eigenvalue weighted by Crippen LogP contribution is -2.25. The Kier molecular flexibility index (Phi) is 3.17. The molecule has 0 radical (unpaired) electrons. The molecule has 0 saturated heterocycles. The highest BCUT2D eigenvalue weighted by Crippen LogP contribution is 2.36. The third kappa shape index (κ3) is 1.81. The summed E-state index contributed by atoms with van der Waals surface area (Å²) >= 11 is 0. The number of rotatable bonds is 3. The van der Waals surface area contributed by atoms with Crippen LogP contribution in [0.5, 0.6) is 5.75 Å². The Morgan fingerprint density at radius 3 is 2.62 bits per heavy atom. The standard InChI is InChI=1S/C13H19NO2/c1-8(14)13(15)11-6-7-12(16-2)10-5-3-4-9(10)11/h6-8,13,15H,3-5,14H2,1-2H3. The van der Waals surface area contributed by atoms with Crippen LogP contribution in [-0.4, -0.2) is 18.3 Å². The minimum absolute atomic E-state index is 0.238. The van der Waals surface area contributed by atoms with Crippen molar-refractivity contribution < 1.29 is 9.84 Å². The molecule has 2 rings (SSSR count). The third-order valence-corrected chi connectivity index (χ3v) is 3.31. The van der Waals surface area contributed by atoms with Gasteiger partial charge in [-0.05, 0) is 48.9 Å². The fourth-order valence-corrected chi connectivity index (χ4v) is 2.45. The molecule has 2 unspecified atom stereocenters. The molecule has 88 valence electrons. The Balaban J connectivity index is 2.45. The summed E-state index contributed by atoms with van der Waals surface area (Å²) < 4.78 is 5.34. The number of hydrogen-bond donors (Lipinski definition) is 2. The summed E-state index contributed by atoms with van der Waals surface area (Å²) in [5.41, 5.74) is 9.22. The van der Waals surface area contributed by atoms with E-state index in [-0.39, 0.29) is 6.04 Å². The van der Waals surface area contributed by atoms with Gasteiger partial charge in [-0.3, -0.25) is 0 Å². The van der Waals surface area contributed by atoms with Gasteiger partial charge in [-0.25, -0.2) is 0 Å². The normalized spacial score (nSPS) is 18.0. The predicted molar refractivity (Wildman–Crippen MR) is 63.6 cm³/mol. The van der Waals surface area contributed by atoms with Crippen LogP contribution in [0.3, 0.4) is 0 Å². The third-order valence-electron chi connectivity index (χ3n) is 3.31. The summed E-state index contributed by atoms with van der Waals surface area (Å²) in [7, 11) is 1.69. The van der Waals surface area contributed by atoms with E-state index in [1.165, 1.54) is 11.1 Å². The molecule has 3 N–H and O–H groups in total. The van der Waals surface area contributed by atoms with Gasteiger partial charge in [0.15, 0.2) is 0 Å². The van der Waals surface area contributed by atoms with Crippen LogP contribution >= 0.6 is 0 Å². The zero-order chi connectivity index (χ0) is 11.7. The maximum atomic E-state index is 10.1. The summed E-state index contributed by atoms with van der Waals surface area (Å²) in [6, 6.07) is 3.64. The molecule has 3 nitrogen and oxygen atoms in total. The van der Waals surface area contributed by atoms with Crippen molar-refractivity contribution in [2.24, 2.45) is 5.73 Å². The van der Waals surface area contributed by atoms with Gasteiger partial charge in [-0.15, -0.1) is 0 Å². The molecular weight excluding hydrogens is 202 g/mol. The monoisotopic (exact) mass is 221 g/mol. The van der Waals surface area contributed by atoms with E-state index < -0.39 is 6.10 Å². The SMILES string of the molecule is COc1ccc(C(O)C(C)N)c2c1CCC2. The number of aliphatic hydroxyl groups excluding tert-OH is 1. The fourth-order valence-electron chi connectivity index (χ4n) is 2.45. The van der Waals surface area contributed by atoms with Crippen molar-refractivity contribution in [3.8, 4) is 5.75 Å². The predicted octanol–water partition coefficient (Wildman–Crippen LogP) is 1.56. The summed E-state index contributed by atoms with van der Waals surface area (Å²) in [6.07, 6.45) is 2.62. The van der Waals surface area contributed by atoms with Gasteiger partial charge in [0.1, 0.15) is 5.75 Å². The van der Waals surface area contributed by atoms with Gasteiger partial charge in [-0.2, -0.15) is 0 Å². The van der Waals surface area contributed by atoms with E-state index in [0.29, 0.717) is 0 Å². The van der Waals surface area contributed by atoms with Crippen molar-refractivity contribution in [2.45, 2.75) is 38.3 Å². The van der Waals surface area contributed by atoms with Crippen LogP contribution in [-0.2, 0) is 12.8 Å². The number of ether oxygens (including phenoxy) is 1. The Morgan fingerprint density at radius 2 is 2.00 bits per heavy atom. The molecule has 0 aromatic heterocycles. The molecule has 0 amide bonds. The molecule has 1 aromatic rings. The average Bonchev–Trinajstić information content (AvgIpc) is 2.75. The number of benzene rings is 1. The first-order valence-electron chi connectivity index (χ1n) is 5.77. The van der Waals surface area contributed by atoms with Gasteiger partial charge in [0.25, 0.3) is 0 Å². The van der Waals surface area contributed by atoms with Crippen LogP contribution < -0.4 is 10.5 Å². The number of fused-ring (bicyclic) bond motifs is 1. The average molecular weight is 221 g/mol. The maximum absolute atomic E-state index is 10.1. The zero-order valence-electron chi connectivity index (χ0n) is 9.86. The number of aliphatic hydroxyl groups is 1. The lowest BCUT2D eigenvalue weighted by molar-refractivity contribution is 0.152. The number of methoxy groups -OCH3 is 1. The van der Waals surface area contributed by atoms with Crippen LogP contribution in [0, 0.1) is 0 Å². The lowest BCUT2D eigenvalue weighted by atomic mass is 9.95. The first-order valence-corrected chi connectivity index (χ1v) is 5.77.